The first kappa shape index (κ1) is 10.0. The van der Waals surface area contributed by atoms with Crippen LogP contribution in [0.3, 0.4) is 0 Å². The molecule has 0 atom stereocenters. The lowest BCUT2D eigenvalue weighted by atomic mass is 10.5. The van der Waals surface area contributed by atoms with Gasteiger partial charge in [-0.15, -0.1) is 0 Å². The van der Waals surface area contributed by atoms with E-state index >= 15 is 0 Å². The van der Waals surface area contributed by atoms with Crippen LogP contribution >= 0.6 is 0 Å². The molecule has 0 unspecified atom stereocenters. The maximum Gasteiger partial charge on any atom is 0.183 e. The number of hydrogen-bond donors (Lipinski definition) is 0. The molecule has 0 radical (unpaired) electrons. The lowest BCUT2D eigenvalue weighted by Crippen LogP contribution is -1.94. The van der Waals surface area contributed by atoms with Crippen LogP contribution in [0.15, 0.2) is 9.98 Å². The monoisotopic (exact) mass is 184 g/mol. The predicted molar refractivity (Wildman–Crippen MR) is 52.5 cm³/mol. The van der Waals surface area contributed by atoms with Gasteiger partial charge in [0.05, 0.1) is 13.1 Å². The summed E-state index contributed by atoms with van der Waals surface area (Å²) >= 11 is 0. The zero-order valence-corrected chi connectivity index (χ0v) is 8.25. The lowest BCUT2D eigenvalue weighted by Gasteiger charge is -1.91. The van der Waals surface area contributed by atoms with E-state index in [1.807, 2.05) is 13.8 Å². The van der Waals surface area contributed by atoms with Crippen molar-refractivity contribution < 1.29 is 9.47 Å². The van der Waals surface area contributed by atoms with Gasteiger partial charge in [-0.3, -0.25) is 9.98 Å². The summed E-state index contributed by atoms with van der Waals surface area (Å²) in [5.41, 5.74) is 0. The van der Waals surface area contributed by atoms with Crippen molar-refractivity contribution in [1.29, 1.82) is 0 Å². The molecule has 13 heavy (non-hydrogen) atoms. The molecule has 4 heteroatoms. The summed E-state index contributed by atoms with van der Waals surface area (Å²) in [6, 6.07) is 0. The maximum atomic E-state index is 5.05. The Labute approximate surface area is 78.7 Å². The average Bonchev–Trinajstić information content (AvgIpc) is 2.76. The highest BCUT2D eigenvalue weighted by atomic mass is 16.5. The van der Waals surface area contributed by atoms with Gasteiger partial charge in [-0.1, -0.05) is 6.92 Å². The fourth-order valence-electron chi connectivity index (χ4n) is 1.04. The minimum absolute atomic E-state index is 0.784. The van der Waals surface area contributed by atoms with Crippen LogP contribution in [-0.4, -0.2) is 38.1 Å². The average molecular weight is 184 g/mol. The maximum absolute atomic E-state index is 5.05. The quantitative estimate of drug-likeness (QED) is 0.615. The Balaban J connectivity index is 0.000000132. The molecule has 0 fully saturated rings. The third-order valence-electron chi connectivity index (χ3n) is 1.69. The SMILES string of the molecule is CC1=NCCO1.CCC1=NCCO1. The minimum Gasteiger partial charge on any atom is -0.479 e. The van der Waals surface area contributed by atoms with Gasteiger partial charge in [-0.05, 0) is 0 Å². The molecule has 0 N–H and O–H groups in total. The number of aliphatic imine (C=N–C) groups is 2. The predicted octanol–water partition coefficient (Wildman–Crippen LogP) is 1.26. The normalized spacial score (nSPS) is 19.2. The van der Waals surface area contributed by atoms with Crippen molar-refractivity contribution in [2.75, 3.05) is 26.3 Å². The molecule has 2 aliphatic rings. The molecule has 2 aliphatic heterocycles. The van der Waals surface area contributed by atoms with Crippen LogP contribution in [0.5, 0.6) is 0 Å². The van der Waals surface area contributed by atoms with E-state index in [0.29, 0.717) is 0 Å². The second-order valence-corrected chi connectivity index (χ2v) is 2.73. The van der Waals surface area contributed by atoms with Crippen LogP contribution in [0.1, 0.15) is 20.3 Å². The second kappa shape index (κ2) is 5.56. The first-order valence-electron chi connectivity index (χ1n) is 4.63. The van der Waals surface area contributed by atoms with E-state index in [0.717, 1.165) is 44.5 Å². The fourth-order valence-corrected chi connectivity index (χ4v) is 1.04. The van der Waals surface area contributed by atoms with Gasteiger partial charge in [0, 0.05) is 13.3 Å². The van der Waals surface area contributed by atoms with Gasteiger partial charge in [0.25, 0.3) is 0 Å². The van der Waals surface area contributed by atoms with E-state index in [1.54, 1.807) is 0 Å². The highest BCUT2D eigenvalue weighted by Gasteiger charge is 2.01. The Morgan fingerprint density at radius 3 is 2.08 bits per heavy atom. The van der Waals surface area contributed by atoms with Crippen LogP contribution in [0.2, 0.25) is 0 Å². The Morgan fingerprint density at radius 1 is 1.15 bits per heavy atom. The number of rotatable bonds is 1. The summed E-state index contributed by atoms with van der Waals surface area (Å²) in [6.07, 6.45) is 0.944. The van der Waals surface area contributed by atoms with Crippen molar-refractivity contribution in [2.24, 2.45) is 9.98 Å². The highest BCUT2D eigenvalue weighted by molar-refractivity contribution is 5.76. The van der Waals surface area contributed by atoms with E-state index < -0.39 is 0 Å². The van der Waals surface area contributed by atoms with Crippen molar-refractivity contribution in [3.05, 3.63) is 0 Å². The molecule has 0 aliphatic carbocycles. The van der Waals surface area contributed by atoms with Crippen LogP contribution in [0.4, 0.5) is 0 Å². The van der Waals surface area contributed by atoms with E-state index in [9.17, 15) is 0 Å². The van der Waals surface area contributed by atoms with E-state index in [4.69, 9.17) is 9.47 Å². The molecule has 0 aromatic rings. The topological polar surface area (TPSA) is 43.2 Å². The molecule has 0 spiro atoms. The Hall–Kier alpha value is -1.06. The summed E-state index contributed by atoms with van der Waals surface area (Å²) in [5.74, 6) is 1.75. The van der Waals surface area contributed by atoms with Crippen molar-refractivity contribution in [2.45, 2.75) is 20.3 Å². The molecular formula is C9H16N2O2. The molecule has 0 aromatic carbocycles. The molecule has 0 amide bonds. The van der Waals surface area contributed by atoms with Crippen molar-refractivity contribution in [3.8, 4) is 0 Å². The van der Waals surface area contributed by atoms with E-state index in [2.05, 4.69) is 9.98 Å². The van der Waals surface area contributed by atoms with Gasteiger partial charge in [0.15, 0.2) is 11.8 Å². The molecule has 0 saturated carbocycles. The largest absolute Gasteiger partial charge is 0.479 e. The van der Waals surface area contributed by atoms with Gasteiger partial charge < -0.3 is 9.47 Å². The minimum atomic E-state index is 0.784. The Bertz CT molecular complexity index is 212. The summed E-state index contributed by atoms with van der Waals surface area (Å²) in [6.45, 7) is 7.21. The van der Waals surface area contributed by atoms with Gasteiger partial charge in [0.2, 0.25) is 0 Å². The summed E-state index contributed by atoms with van der Waals surface area (Å²) in [5, 5.41) is 0. The standard InChI is InChI=1S/C5H9NO.C4H7NO/c1-2-5-6-3-4-7-5;1-4-5-2-3-6-4/h2-4H2,1H3;2-3H2,1H3. The van der Waals surface area contributed by atoms with Crippen LogP contribution in [0.25, 0.3) is 0 Å². The van der Waals surface area contributed by atoms with Gasteiger partial charge in [-0.2, -0.15) is 0 Å². The first-order chi connectivity index (χ1) is 6.33. The molecular weight excluding hydrogens is 168 g/mol. The van der Waals surface area contributed by atoms with Crippen molar-refractivity contribution >= 4 is 11.8 Å². The number of nitrogens with zero attached hydrogens (tertiary/aromatic N) is 2. The molecule has 0 saturated heterocycles. The molecule has 0 aromatic heterocycles. The fraction of sp³-hybridized carbons (Fsp3) is 0.778. The summed E-state index contributed by atoms with van der Waals surface area (Å²) in [4.78, 5) is 7.98. The number of ether oxygens (including phenoxy) is 2. The lowest BCUT2D eigenvalue weighted by molar-refractivity contribution is 0.340. The third-order valence-corrected chi connectivity index (χ3v) is 1.69. The second-order valence-electron chi connectivity index (χ2n) is 2.73. The highest BCUT2D eigenvalue weighted by Crippen LogP contribution is 1.95. The first-order valence-corrected chi connectivity index (χ1v) is 4.63. The van der Waals surface area contributed by atoms with Crippen molar-refractivity contribution in [1.82, 2.24) is 0 Å². The van der Waals surface area contributed by atoms with E-state index in [-0.39, 0.29) is 0 Å². The van der Waals surface area contributed by atoms with Gasteiger partial charge in [-0.25, -0.2) is 0 Å². The Morgan fingerprint density at radius 2 is 1.85 bits per heavy atom. The van der Waals surface area contributed by atoms with E-state index in [1.165, 1.54) is 0 Å². The molecule has 74 valence electrons. The molecule has 2 rings (SSSR count). The number of hydrogen-bond acceptors (Lipinski definition) is 4. The Kier molecular flexibility index (Phi) is 4.29. The van der Waals surface area contributed by atoms with Gasteiger partial charge in [0.1, 0.15) is 13.2 Å². The smallest absolute Gasteiger partial charge is 0.183 e. The van der Waals surface area contributed by atoms with Gasteiger partial charge >= 0.3 is 0 Å². The van der Waals surface area contributed by atoms with Crippen LogP contribution in [-0.2, 0) is 9.47 Å². The zero-order valence-electron chi connectivity index (χ0n) is 8.25. The summed E-state index contributed by atoms with van der Waals surface area (Å²) < 4.78 is 9.95. The molecule has 2 heterocycles. The summed E-state index contributed by atoms with van der Waals surface area (Å²) in [7, 11) is 0. The third kappa shape index (κ3) is 3.92. The molecule has 4 nitrogen and oxygen atoms in total. The molecule has 0 bridgehead atoms. The van der Waals surface area contributed by atoms with Crippen molar-refractivity contribution in [3.63, 3.8) is 0 Å². The zero-order chi connectivity index (χ0) is 9.52. The van der Waals surface area contributed by atoms with Crippen LogP contribution in [0, 0.1) is 0 Å². The van der Waals surface area contributed by atoms with Crippen LogP contribution < -0.4 is 0 Å².